The molecule has 0 bridgehead atoms. The Kier molecular flexibility index (Phi) is 4.36. The minimum Gasteiger partial charge on any atom is -0.388 e. The molecule has 96 valence electrons. The van der Waals surface area contributed by atoms with Gasteiger partial charge in [-0.05, 0) is 30.9 Å². The van der Waals surface area contributed by atoms with Crippen LogP contribution >= 0.6 is 15.9 Å². The zero-order valence-corrected chi connectivity index (χ0v) is 12.3. The summed E-state index contributed by atoms with van der Waals surface area (Å²) in [6.45, 7) is 4.34. The van der Waals surface area contributed by atoms with Crippen LogP contribution in [0.1, 0.15) is 38.4 Å². The summed E-state index contributed by atoms with van der Waals surface area (Å²) in [6, 6.07) is 7.88. The summed E-state index contributed by atoms with van der Waals surface area (Å²) in [4.78, 5) is 4.40. The standard InChI is InChI=1S/C15H18BrNO/c1-10(2)5-8-14(18)12-6-7-13(16)11-4-3-9-17-15(11)12/h3-4,6-7,9-10,14,18H,5,8H2,1-2H3. The van der Waals surface area contributed by atoms with E-state index in [9.17, 15) is 5.11 Å². The lowest BCUT2D eigenvalue weighted by atomic mass is 9.98. The van der Waals surface area contributed by atoms with Crippen molar-refractivity contribution in [3.63, 3.8) is 0 Å². The molecule has 2 nitrogen and oxygen atoms in total. The highest BCUT2D eigenvalue weighted by atomic mass is 79.9. The van der Waals surface area contributed by atoms with Gasteiger partial charge in [0.25, 0.3) is 0 Å². The summed E-state index contributed by atoms with van der Waals surface area (Å²) < 4.78 is 1.02. The number of nitrogens with zero attached hydrogens (tertiary/aromatic N) is 1. The number of rotatable bonds is 4. The first-order valence-electron chi connectivity index (χ1n) is 6.30. The number of hydrogen-bond acceptors (Lipinski definition) is 2. The summed E-state index contributed by atoms with van der Waals surface area (Å²) in [5.41, 5.74) is 1.82. The van der Waals surface area contributed by atoms with E-state index < -0.39 is 6.10 Å². The number of halogens is 1. The van der Waals surface area contributed by atoms with E-state index in [4.69, 9.17) is 0 Å². The molecule has 18 heavy (non-hydrogen) atoms. The lowest BCUT2D eigenvalue weighted by Gasteiger charge is -2.15. The summed E-state index contributed by atoms with van der Waals surface area (Å²) in [5, 5.41) is 11.4. The van der Waals surface area contributed by atoms with Crippen molar-refractivity contribution in [1.82, 2.24) is 4.98 Å². The van der Waals surface area contributed by atoms with E-state index in [1.165, 1.54) is 0 Å². The fourth-order valence-corrected chi connectivity index (χ4v) is 2.53. The molecule has 1 atom stereocenters. The third-order valence-corrected chi connectivity index (χ3v) is 3.82. The quantitative estimate of drug-likeness (QED) is 0.904. The van der Waals surface area contributed by atoms with Gasteiger partial charge in [0.05, 0.1) is 11.6 Å². The second-order valence-corrected chi connectivity index (χ2v) is 5.88. The molecule has 1 unspecified atom stereocenters. The van der Waals surface area contributed by atoms with Crippen molar-refractivity contribution in [3.05, 3.63) is 40.5 Å². The lowest BCUT2D eigenvalue weighted by molar-refractivity contribution is 0.160. The second-order valence-electron chi connectivity index (χ2n) is 5.02. The predicted molar refractivity (Wildman–Crippen MR) is 78.5 cm³/mol. The molecule has 0 aliphatic rings. The number of aliphatic hydroxyl groups excluding tert-OH is 1. The molecule has 1 aromatic carbocycles. The van der Waals surface area contributed by atoms with Crippen molar-refractivity contribution in [2.75, 3.05) is 0 Å². The van der Waals surface area contributed by atoms with Crippen molar-refractivity contribution in [3.8, 4) is 0 Å². The lowest BCUT2D eigenvalue weighted by Crippen LogP contribution is -2.01. The monoisotopic (exact) mass is 307 g/mol. The molecule has 0 amide bonds. The second kappa shape index (κ2) is 5.81. The Balaban J connectivity index is 2.36. The van der Waals surface area contributed by atoms with E-state index in [0.717, 1.165) is 33.8 Å². The van der Waals surface area contributed by atoms with Crippen LogP contribution < -0.4 is 0 Å². The molecular formula is C15H18BrNO. The molecule has 2 rings (SSSR count). The van der Waals surface area contributed by atoms with Gasteiger partial charge in [0.1, 0.15) is 0 Å². The molecule has 0 radical (unpaired) electrons. The van der Waals surface area contributed by atoms with Crippen LogP contribution in [-0.2, 0) is 0 Å². The first-order valence-corrected chi connectivity index (χ1v) is 7.10. The van der Waals surface area contributed by atoms with E-state index >= 15 is 0 Å². The van der Waals surface area contributed by atoms with Crippen LogP contribution in [0.25, 0.3) is 10.9 Å². The molecule has 0 saturated heterocycles. The topological polar surface area (TPSA) is 33.1 Å². The fourth-order valence-electron chi connectivity index (χ4n) is 2.08. The van der Waals surface area contributed by atoms with Crippen molar-refractivity contribution < 1.29 is 5.11 Å². The third kappa shape index (κ3) is 2.90. The Hall–Kier alpha value is -0.930. The molecule has 1 N–H and O–H groups in total. The van der Waals surface area contributed by atoms with E-state index in [2.05, 4.69) is 34.8 Å². The molecule has 0 aliphatic carbocycles. The molecule has 0 fully saturated rings. The number of pyridine rings is 1. The maximum absolute atomic E-state index is 10.3. The van der Waals surface area contributed by atoms with Crippen LogP contribution in [-0.4, -0.2) is 10.1 Å². The van der Waals surface area contributed by atoms with Crippen LogP contribution in [0.3, 0.4) is 0 Å². The van der Waals surface area contributed by atoms with Crippen molar-refractivity contribution in [2.24, 2.45) is 5.92 Å². The average Bonchev–Trinajstić information content (AvgIpc) is 2.37. The smallest absolute Gasteiger partial charge is 0.0811 e. The highest BCUT2D eigenvalue weighted by molar-refractivity contribution is 9.10. The number of aromatic nitrogens is 1. The average molecular weight is 308 g/mol. The van der Waals surface area contributed by atoms with Crippen molar-refractivity contribution in [1.29, 1.82) is 0 Å². The molecule has 0 aliphatic heterocycles. The Morgan fingerprint density at radius 3 is 2.72 bits per heavy atom. The summed E-state index contributed by atoms with van der Waals surface area (Å²) in [5.74, 6) is 0.606. The number of hydrogen-bond donors (Lipinski definition) is 1. The molecule has 0 spiro atoms. The van der Waals surface area contributed by atoms with Gasteiger partial charge >= 0.3 is 0 Å². The van der Waals surface area contributed by atoms with Crippen LogP contribution in [0, 0.1) is 5.92 Å². The van der Waals surface area contributed by atoms with Gasteiger partial charge in [0.15, 0.2) is 0 Å². The molecule has 1 aromatic heterocycles. The van der Waals surface area contributed by atoms with Crippen LogP contribution in [0.15, 0.2) is 34.9 Å². The highest BCUT2D eigenvalue weighted by Gasteiger charge is 2.13. The minimum absolute atomic E-state index is 0.433. The predicted octanol–water partition coefficient (Wildman–Crippen LogP) is 4.47. The fraction of sp³-hybridized carbons (Fsp3) is 0.400. The van der Waals surface area contributed by atoms with Gasteiger partial charge in [-0.3, -0.25) is 4.98 Å². The van der Waals surface area contributed by atoms with E-state index in [1.54, 1.807) is 6.20 Å². The van der Waals surface area contributed by atoms with Crippen molar-refractivity contribution >= 4 is 26.8 Å². The molecule has 2 aromatic rings. The minimum atomic E-state index is -0.433. The molecular weight excluding hydrogens is 290 g/mol. The Morgan fingerprint density at radius 2 is 2.00 bits per heavy atom. The zero-order chi connectivity index (χ0) is 13.1. The van der Waals surface area contributed by atoms with Gasteiger partial charge < -0.3 is 5.11 Å². The van der Waals surface area contributed by atoms with Crippen LogP contribution in [0.5, 0.6) is 0 Å². The van der Waals surface area contributed by atoms with Gasteiger partial charge in [0, 0.05) is 21.6 Å². The summed E-state index contributed by atoms with van der Waals surface area (Å²) in [6.07, 6.45) is 3.14. The van der Waals surface area contributed by atoms with E-state index in [1.807, 2.05) is 24.3 Å². The normalized spacial score (nSPS) is 13.2. The first-order chi connectivity index (χ1) is 8.59. The first kappa shape index (κ1) is 13.5. The molecule has 3 heteroatoms. The zero-order valence-electron chi connectivity index (χ0n) is 10.7. The van der Waals surface area contributed by atoms with Crippen LogP contribution in [0.4, 0.5) is 0 Å². The van der Waals surface area contributed by atoms with Gasteiger partial charge in [-0.2, -0.15) is 0 Å². The van der Waals surface area contributed by atoms with Crippen LogP contribution in [0.2, 0.25) is 0 Å². The SMILES string of the molecule is CC(C)CCC(O)c1ccc(Br)c2cccnc12. The Morgan fingerprint density at radius 1 is 1.22 bits per heavy atom. The van der Waals surface area contributed by atoms with E-state index in [-0.39, 0.29) is 0 Å². The molecule has 1 heterocycles. The molecule has 0 saturated carbocycles. The number of benzene rings is 1. The number of aliphatic hydroxyl groups is 1. The van der Waals surface area contributed by atoms with Gasteiger partial charge in [-0.15, -0.1) is 0 Å². The van der Waals surface area contributed by atoms with Gasteiger partial charge in [0.2, 0.25) is 0 Å². The van der Waals surface area contributed by atoms with Gasteiger partial charge in [-0.25, -0.2) is 0 Å². The van der Waals surface area contributed by atoms with E-state index in [0.29, 0.717) is 5.92 Å². The maximum atomic E-state index is 10.3. The van der Waals surface area contributed by atoms with Gasteiger partial charge in [-0.1, -0.05) is 41.9 Å². The summed E-state index contributed by atoms with van der Waals surface area (Å²) >= 11 is 3.52. The Labute approximate surface area is 116 Å². The Bertz CT molecular complexity index is 539. The maximum Gasteiger partial charge on any atom is 0.0811 e. The largest absolute Gasteiger partial charge is 0.388 e. The van der Waals surface area contributed by atoms with Crippen molar-refractivity contribution in [2.45, 2.75) is 32.8 Å². The number of fused-ring (bicyclic) bond motifs is 1. The third-order valence-electron chi connectivity index (χ3n) is 3.12. The highest BCUT2D eigenvalue weighted by Crippen LogP contribution is 2.30. The summed E-state index contributed by atoms with van der Waals surface area (Å²) in [7, 11) is 0.